The van der Waals surface area contributed by atoms with Gasteiger partial charge in [0.2, 0.25) is 0 Å². The van der Waals surface area contributed by atoms with E-state index in [2.05, 4.69) is 26.2 Å². The maximum atomic E-state index is 5.46. The van der Waals surface area contributed by atoms with Crippen molar-refractivity contribution >= 4 is 0 Å². The van der Waals surface area contributed by atoms with E-state index in [-0.39, 0.29) is 0 Å². The summed E-state index contributed by atoms with van der Waals surface area (Å²) in [6.45, 7) is 5.46. The van der Waals surface area contributed by atoms with Crippen LogP contribution < -0.4 is 5.32 Å². The Labute approximate surface area is 100 Å². The summed E-state index contributed by atoms with van der Waals surface area (Å²) < 4.78 is 5.46. The molecule has 0 aliphatic carbocycles. The fourth-order valence-electron chi connectivity index (χ4n) is 2.61. The number of unbranched alkanes of at least 4 members (excludes halogenated alkanes) is 1. The van der Waals surface area contributed by atoms with Crippen molar-refractivity contribution in [1.82, 2.24) is 5.32 Å². The first kappa shape index (κ1) is 13.6. The molecule has 2 nitrogen and oxygen atoms in total. The maximum absolute atomic E-state index is 5.46. The molecule has 0 aromatic rings. The zero-order valence-electron chi connectivity index (χ0n) is 11.1. The van der Waals surface area contributed by atoms with E-state index in [4.69, 9.17) is 4.74 Å². The topological polar surface area (TPSA) is 21.3 Å². The zero-order valence-corrected chi connectivity index (χ0v) is 11.1. The molecule has 2 atom stereocenters. The third-order valence-electron chi connectivity index (χ3n) is 3.60. The average molecular weight is 225 g/mol. The Morgan fingerprint density at radius 1 is 1.44 bits per heavy atom. The molecule has 1 rings (SSSR count). The van der Waals surface area contributed by atoms with E-state index in [1.54, 1.807) is 0 Å². The summed E-state index contributed by atoms with van der Waals surface area (Å²) >= 11 is 0. The van der Waals surface area contributed by atoms with Crippen LogP contribution in [0.3, 0.4) is 0 Å². The molecule has 0 aromatic heterocycles. The largest absolute Gasteiger partial charge is 0.501 e. The van der Waals surface area contributed by atoms with Crippen molar-refractivity contribution in [3.8, 4) is 0 Å². The Kier molecular flexibility index (Phi) is 6.55. The van der Waals surface area contributed by atoms with Gasteiger partial charge in [-0.3, -0.25) is 0 Å². The standard InChI is InChI=1S/C14H27NO/c1-4-6-8-12(5-2)14(15-3)13-9-7-10-16-11-13/h11-12,14-15H,4-10H2,1-3H3. The third kappa shape index (κ3) is 3.82. The van der Waals surface area contributed by atoms with E-state index in [1.807, 2.05) is 6.26 Å². The van der Waals surface area contributed by atoms with Crippen LogP contribution >= 0.6 is 0 Å². The Balaban J connectivity index is 2.58. The summed E-state index contributed by atoms with van der Waals surface area (Å²) in [6, 6.07) is 0.525. The van der Waals surface area contributed by atoms with Crippen molar-refractivity contribution in [2.24, 2.45) is 5.92 Å². The highest BCUT2D eigenvalue weighted by molar-refractivity contribution is 5.11. The number of likely N-dealkylation sites (N-methyl/N-ethyl adjacent to an activating group) is 1. The lowest BCUT2D eigenvalue weighted by Gasteiger charge is -2.30. The van der Waals surface area contributed by atoms with Gasteiger partial charge in [0, 0.05) is 6.04 Å². The van der Waals surface area contributed by atoms with Crippen LogP contribution in [0.4, 0.5) is 0 Å². The van der Waals surface area contributed by atoms with Gasteiger partial charge in [-0.25, -0.2) is 0 Å². The molecule has 2 unspecified atom stereocenters. The molecule has 0 spiro atoms. The minimum absolute atomic E-state index is 0.525. The van der Waals surface area contributed by atoms with Crippen molar-refractivity contribution in [2.75, 3.05) is 13.7 Å². The molecule has 1 heterocycles. The average Bonchev–Trinajstić information content (AvgIpc) is 2.35. The van der Waals surface area contributed by atoms with Gasteiger partial charge < -0.3 is 10.1 Å². The van der Waals surface area contributed by atoms with E-state index in [9.17, 15) is 0 Å². The van der Waals surface area contributed by atoms with Crippen LogP contribution in [0.2, 0.25) is 0 Å². The van der Waals surface area contributed by atoms with Crippen LogP contribution in [-0.4, -0.2) is 19.7 Å². The molecule has 94 valence electrons. The van der Waals surface area contributed by atoms with Gasteiger partial charge in [-0.05, 0) is 37.8 Å². The second-order valence-corrected chi connectivity index (χ2v) is 4.74. The van der Waals surface area contributed by atoms with Crippen molar-refractivity contribution in [2.45, 2.75) is 58.4 Å². The Morgan fingerprint density at radius 2 is 2.25 bits per heavy atom. The van der Waals surface area contributed by atoms with E-state index in [1.165, 1.54) is 44.1 Å². The Bertz CT molecular complexity index is 213. The summed E-state index contributed by atoms with van der Waals surface area (Å²) in [5.41, 5.74) is 1.47. The third-order valence-corrected chi connectivity index (χ3v) is 3.60. The van der Waals surface area contributed by atoms with Crippen molar-refractivity contribution in [3.63, 3.8) is 0 Å². The minimum atomic E-state index is 0.525. The molecular formula is C14H27NO. The second kappa shape index (κ2) is 7.72. The number of rotatable bonds is 7. The van der Waals surface area contributed by atoms with Gasteiger partial charge in [-0.15, -0.1) is 0 Å². The van der Waals surface area contributed by atoms with Gasteiger partial charge in [-0.2, -0.15) is 0 Å². The van der Waals surface area contributed by atoms with Crippen molar-refractivity contribution in [1.29, 1.82) is 0 Å². The molecule has 1 N–H and O–H groups in total. The quantitative estimate of drug-likeness (QED) is 0.716. The predicted molar refractivity (Wildman–Crippen MR) is 69.4 cm³/mol. The molecule has 0 saturated heterocycles. The molecule has 0 bridgehead atoms. The van der Waals surface area contributed by atoms with Crippen LogP contribution in [0.5, 0.6) is 0 Å². The van der Waals surface area contributed by atoms with Gasteiger partial charge in [0.05, 0.1) is 12.9 Å². The Hall–Kier alpha value is -0.500. The van der Waals surface area contributed by atoms with E-state index in [0.717, 1.165) is 12.5 Å². The van der Waals surface area contributed by atoms with E-state index < -0.39 is 0 Å². The van der Waals surface area contributed by atoms with Gasteiger partial charge in [0.25, 0.3) is 0 Å². The molecule has 0 radical (unpaired) electrons. The minimum Gasteiger partial charge on any atom is -0.501 e. The SMILES string of the molecule is CCCCC(CC)C(NC)C1=COCCC1. The van der Waals surface area contributed by atoms with Crippen LogP contribution in [0.1, 0.15) is 52.4 Å². The highest BCUT2D eigenvalue weighted by atomic mass is 16.5. The molecule has 0 fully saturated rings. The first-order valence-electron chi connectivity index (χ1n) is 6.81. The van der Waals surface area contributed by atoms with Crippen LogP contribution in [0.25, 0.3) is 0 Å². The lowest BCUT2D eigenvalue weighted by molar-refractivity contribution is 0.213. The van der Waals surface area contributed by atoms with Gasteiger partial charge in [-0.1, -0.05) is 33.1 Å². The van der Waals surface area contributed by atoms with Crippen molar-refractivity contribution < 1.29 is 4.74 Å². The number of nitrogens with one attached hydrogen (secondary N) is 1. The monoisotopic (exact) mass is 225 g/mol. The summed E-state index contributed by atoms with van der Waals surface area (Å²) in [5.74, 6) is 0.762. The lowest BCUT2D eigenvalue weighted by atomic mass is 9.85. The smallest absolute Gasteiger partial charge is 0.0876 e. The fraction of sp³-hybridized carbons (Fsp3) is 0.857. The molecule has 1 aliphatic rings. The summed E-state index contributed by atoms with van der Waals surface area (Å²) in [7, 11) is 2.08. The molecule has 1 aliphatic heterocycles. The summed E-state index contributed by atoms with van der Waals surface area (Å²) in [6.07, 6.45) is 9.59. The number of hydrogen-bond donors (Lipinski definition) is 1. The highest BCUT2D eigenvalue weighted by Crippen LogP contribution is 2.26. The number of ether oxygens (including phenoxy) is 1. The van der Waals surface area contributed by atoms with Gasteiger partial charge in [0.15, 0.2) is 0 Å². The molecule has 0 amide bonds. The van der Waals surface area contributed by atoms with Crippen LogP contribution in [0, 0.1) is 5.92 Å². The molecular weight excluding hydrogens is 198 g/mol. The molecule has 0 saturated carbocycles. The summed E-state index contributed by atoms with van der Waals surface area (Å²) in [4.78, 5) is 0. The first-order valence-corrected chi connectivity index (χ1v) is 6.81. The normalized spacial score (nSPS) is 19.8. The zero-order chi connectivity index (χ0) is 11.8. The van der Waals surface area contributed by atoms with Crippen LogP contribution in [-0.2, 0) is 4.74 Å². The predicted octanol–water partition coefficient (Wildman–Crippen LogP) is 3.49. The van der Waals surface area contributed by atoms with Crippen molar-refractivity contribution in [3.05, 3.63) is 11.8 Å². The lowest BCUT2D eigenvalue weighted by Crippen LogP contribution is -2.36. The Morgan fingerprint density at radius 3 is 2.75 bits per heavy atom. The van der Waals surface area contributed by atoms with E-state index >= 15 is 0 Å². The molecule has 2 heteroatoms. The van der Waals surface area contributed by atoms with Gasteiger partial charge >= 0.3 is 0 Å². The highest BCUT2D eigenvalue weighted by Gasteiger charge is 2.23. The summed E-state index contributed by atoms with van der Waals surface area (Å²) in [5, 5.41) is 3.48. The van der Waals surface area contributed by atoms with E-state index in [0.29, 0.717) is 6.04 Å². The maximum Gasteiger partial charge on any atom is 0.0876 e. The second-order valence-electron chi connectivity index (χ2n) is 4.74. The molecule has 0 aromatic carbocycles. The number of hydrogen-bond acceptors (Lipinski definition) is 2. The van der Waals surface area contributed by atoms with Crippen LogP contribution in [0.15, 0.2) is 11.8 Å². The fourth-order valence-corrected chi connectivity index (χ4v) is 2.61. The van der Waals surface area contributed by atoms with Gasteiger partial charge in [0.1, 0.15) is 0 Å². The first-order chi connectivity index (χ1) is 7.83. The molecule has 16 heavy (non-hydrogen) atoms.